The number of rotatable bonds is 8. The van der Waals surface area contributed by atoms with Crippen molar-refractivity contribution < 1.29 is 33.4 Å². The van der Waals surface area contributed by atoms with Crippen molar-refractivity contribution in [1.29, 1.82) is 0 Å². The molecule has 2 saturated heterocycles. The Morgan fingerprint density at radius 3 is 2.17 bits per heavy atom. The maximum absolute atomic E-state index is 11.9. The Balaban J connectivity index is 0.000000218. The Morgan fingerprint density at radius 1 is 1.02 bits per heavy atom. The van der Waals surface area contributed by atoms with Crippen molar-refractivity contribution in [3.8, 4) is 11.5 Å². The lowest BCUT2D eigenvalue weighted by molar-refractivity contribution is -0.115. The molecule has 5 rings (SSSR count). The monoisotopic (exact) mass is 580 g/mol. The minimum absolute atomic E-state index is 0.163. The number of hydrogen-bond acceptors (Lipinski definition) is 10. The third-order valence-corrected chi connectivity index (χ3v) is 7.86. The van der Waals surface area contributed by atoms with Crippen LogP contribution in [0.2, 0.25) is 0 Å². The first-order valence-corrected chi connectivity index (χ1v) is 13.8. The standard InChI is InChI=1S/C18H23N3O4S.C11H9NO3/c1-20(2)12-5-6-21(10-12)13-9-15(25-4)14(24-3)7-11(13)8-16-17(22)19-18(23)26-16;13-7-3-6-12-10(14)8-4-1-2-5-9(8)11(12)15/h7-9,12H,5-6,10H2,1-4H3,(H,19,22,23);1-2,4-5,7H,3,6H2/b16-8-;. The van der Waals surface area contributed by atoms with Crippen molar-refractivity contribution in [2.45, 2.75) is 18.9 Å². The Hall–Kier alpha value is -4.16. The van der Waals surface area contributed by atoms with Crippen LogP contribution in [0.25, 0.3) is 6.08 Å². The molecule has 4 amide bonds. The van der Waals surface area contributed by atoms with Crippen LogP contribution in [-0.4, -0.2) is 93.0 Å². The van der Waals surface area contributed by atoms with E-state index in [0.717, 1.165) is 47.4 Å². The Kier molecular flexibility index (Phi) is 9.46. The molecule has 0 bridgehead atoms. The van der Waals surface area contributed by atoms with Crippen molar-refractivity contribution in [2.75, 3.05) is 52.8 Å². The summed E-state index contributed by atoms with van der Waals surface area (Å²) >= 11 is 0.911. The number of amides is 4. The largest absolute Gasteiger partial charge is 0.493 e. The highest BCUT2D eigenvalue weighted by atomic mass is 32.2. The van der Waals surface area contributed by atoms with E-state index in [1.807, 2.05) is 12.1 Å². The summed E-state index contributed by atoms with van der Waals surface area (Å²) in [6.07, 6.45) is 3.69. The first kappa shape index (κ1) is 29.8. The van der Waals surface area contributed by atoms with Gasteiger partial charge in [-0.25, -0.2) is 0 Å². The number of benzene rings is 2. The second-order valence-corrected chi connectivity index (χ2v) is 10.7. The zero-order valence-electron chi connectivity index (χ0n) is 23.3. The van der Waals surface area contributed by atoms with Gasteiger partial charge in [-0.2, -0.15) is 0 Å². The van der Waals surface area contributed by atoms with Gasteiger partial charge in [0.15, 0.2) is 11.5 Å². The molecule has 1 N–H and O–H groups in total. The summed E-state index contributed by atoms with van der Waals surface area (Å²) in [5.41, 5.74) is 2.64. The fraction of sp³-hybridized carbons (Fsp3) is 0.345. The van der Waals surface area contributed by atoms with Crippen LogP contribution in [0.5, 0.6) is 11.5 Å². The molecule has 2 fully saturated rings. The molecule has 0 spiro atoms. The molecule has 3 aliphatic heterocycles. The molecule has 12 heteroatoms. The van der Waals surface area contributed by atoms with Crippen molar-refractivity contribution in [2.24, 2.45) is 0 Å². The van der Waals surface area contributed by atoms with E-state index in [4.69, 9.17) is 9.47 Å². The molecule has 1 atom stereocenters. The van der Waals surface area contributed by atoms with Gasteiger partial charge in [0.1, 0.15) is 6.29 Å². The number of ether oxygens (including phenoxy) is 2. The summed E-state index contributed by atoms with van der Waals surface area (Å²) in [4.78, 5) is 63.0. The summed E-state index contributed by atoms with van der Waals surface area (Å²) in [6, 6.07) is 10.9. The molecule has 0 radical (unpaired) electrons. The summed E-state index contributed by atoms with van der Waals surface area (Å²) in [5, 5.41) is 1.94. The van der Waals surface area contributed by atoms with Gasteiger partial charge in [-0.1, -0.05) is 12.1 Å². The van der Waals surface area contributed by atoms with Gasteiger partial charge in [0.05, 0.1) is 30.3 Å². The number of anilines is 1. The molecule has 1 unspecified atom stereocenters. The number of carbonyl (C=O) groups excluding carboxylic acids is 5. The minimum atomic E-state index is -0.367. The van der Waals surface area contributed by atoms with Crippen molar-refractivity contribution >= 4 is 52.8 Å². The van der Waals surface area contributed by atoms with Crippen LogP contribution in [-0.2, 0) is 9.59 Å². The highest BCUT2D eigenvalue weighted by Gasteiger charge is 2.34. The first-order valence-electron chi connectivity index (χ1n) is 13.0. The number of imide groups is 2. The molecule has 11 nitrogen and oxygen atoms in total. The van der Waals surface area contributed by atoms with E-state index in [0.29, 0.717) is 39.9 Å². The highest BCUT2D eigenvalue weighted by molar-refractivity contribution is 8.18. The Morgan fingerprint density at radius 2 is 1.66 bits per heavy atom. The van der Waals surface area contributed by atoms with Gasteiger partial charge in [-0.05, 0) is 56.6 Å². The average Bonchev–Trinajstić information content (AvgIpc) is 3.65. The van der Waals surface area contributed by atoms with Crippen molar-refractivity contribution in [3.05, 3.63) is 58.0 Å². The second-order valence-electron chi connectivity index (χ2n) is 9.73. The fourth-order valence-corrected chi connectivity index (χ4v) is 5.51. The van der Waals surface area contributed by atoms with Crippen LogP contribution in [0, 0.1) is 0 Å². The van der Waals surface area contributed by atoms with Crippen LogP contribution in [0.15, 0.2) is 41.3 Å². The predicted molar refractivity (Wildman–Crippen MR) is 155 cm³/mol. The number of fused-ring (bicyclic) bond motifs is 1. The van der Waals surface area contributed by atoms with Crippen molar-refractivity contribution in [3.63, 3.8) is 0 Å². The molecular formula is C29H32N4O7S. The maximum atomic E-state index is 11.9. The number of methoxy groups -OCH3 is 2. The molecule has 0 saturated carbocycles. The molecule has 2 aromatic rings. The van der Waals surface area contributed by atoms with Gasteiger partial charge in [0.2, 0.25) is 0 Å². The fourth-order valence-electron chi connectivity index (χ4n) is 4.84. The lowest BCUT2D eigenvalue weighted by Gasteiger charge is -2.24. The van der Waals surface area contributed by atoms with E-state index in [1.165, 1.54) is 0 Å². The Bertz CT molecular complexity index is 1370. The third-order valence-electron chi connectivity index (χ3n) is 7.04. The molecule has 2 aromatic carbocycles. The van der Waals surface area contributed by atoms with Gasteiger partial charge >= 0.3 is 0 Å². The molecule has 41 heavy (non-hydrogen) atoms. The molecule has 0 aliphatic carbocycles. The predicted octanol–water partition coefficient (Wildman–Crippen LogP) is 3.04. The summed E-state index contributed by atoms with van der Waals surface area (Å²) < 4.78 is 10.9. The summed E-state index contributed by atoms with van der Waals surface area (Å²) in [5.74, 6) is 0.238. The van der Waals surface area contributed by atoms with Crippen LogP contribution >= 0.6 is 11.8 Å². The second kappa shape index (κ2) is 13.0. The zero-order chi connectivity index (χ0) is 29.7. The Labute approximate surface area is 242 Å². The number of nitrogens with zero attached hydrogens (tertiary/aromatic N) is 3. The molecule has 216 valence electrons. The van der Waals surface area contributed by atoms with Gasteiger partial charge in [-0.3, -0.25) is 29.4 Å². The molecular weight excluding hydrogens is 548 g/mol. The first-order chi connectivity index (χ1) is 19.7. The van der Waals surface area contributed by atoms with E-state index in [2.05, 4.69) is 29.2 Å². The highest BCUT2D eigenvalue weighted by Crippen LogP contribution is 2.39. The summed E-state index contributed by atoms with van der Waals surface area (Å²) in [7, 11) is 7.34. The van der Waals surface area contributed by atoms with E-state index >= 15 is 0 Å². The lowest BCUT2D eigenvalue weighted by atomic mass is 10.1. The normalized spacial score (nSPS) is 19.0. The van der Waals surface area contributed by atoms with Crippen molar-refractivity contribution in [1.82, 2.24) is 15.1 Å². The topological polar surface area (TPSA) is 126 Å². The van der Waals surface area contributed by atoms with Gasteiger partial charge < -0.3 is 24.1 Å². The maximum Gasteiger partial charge on any atom is 0.290 e. The van der Waals surface area contributed by atoms with Crippen LogP contribution in [0.1, 0.15) is 39.1 Å². The van der Waals surface area contributed by atoms with E-state index < -0.39 is 0 Å². The smallest absolute Gasteiger partial charge is 0.290 e. The number of aldehydes is 1. The number of carbonyl (C=O) groups is 5. The van der Waals surface area contributed by atoms with Crippen LogP contribution in [0.3, 0.4) is 0 Å². The minimum Gasteiger partial charge on any atom is -0.493 e. The third kappa shape index (κ3) is 6.44. The van der Waals surface area contributed by atoms with Gasteiger partial charge in [0, 0.05) is 49.4 Å². The molecule has 0 aromatic heterocycles. The summed E-state index contributed by atoms with van der Waals surface area (Å²) in [6.45, 7) is 1.96. The van der Waals surface area contributed by atoms with E-state index in [9.17, 15) is 24.0 Å². The van der Waals surface area contributed by atoms with Crippen LogP contribution < -0.4 is 19.7 Å². The lowest BCUT2D eigenvalue weighted by Crippen LogP contribution is -2.31. The SMILES string of the molecule is COc1cc(/C=C2\SC(=O)NC2=O)c(N2CCC(N(C)C)C2)cc1OC.O=CCCN1C(=O)c2ccccc2C1=O. The zero-order valence-corrected chi connectivity index (χ0v) is 24.2. The number of thioether (sulfide) groups is 1. The number of likely N-dealkylation sites (N-methyl/N-ethyl adjacent to an activating group) is 1. The van der Waals surface area contributed by atoms with Crippen LogP contribution in [0.4, 0.5) is 10.5 Å². The molecule has 3 heterocycles. The van der Waals surface area contributed by atoms with E-state index in [-0.39, 0.29) is 35.9 Å². The average molecular weight is 581 g/mol. The van der Waals surface area contributed by atoms with Gasteiger partial charge in [0.25, 0.3) is 23.0 Å². The van der Waals surface area contributed by atoms with Gasteiger partial charge in [-0.15, -0.1) is 0 Å². The van der Waals surface area contributed by atoms with E-state index in [1.54, 1.807) is 44.6 Å². The molecule has 3 aliphatic rings. The number of hydrogen-bond donors (Lipinski definition) is 1. The quantitative estimate of drug-likeness (QED) is 0.283. The number of nitrogens with one attached hydrogen (secondary N) is 1.